The number of ether oxygens (including phenoxy) is 1. The highest BCUT2D eigenvalue weighted by atomic mass is 32.1. The molecular weight excluding hydrogens is 312 g/mol. The van der Waals surface area contributed by atoms with Crippen LogP contribution in [0.25, 0.3) is 0 Å². The highest BCUT2D eigenvalue weighted by Crippen LogP contribution is 2.12. The molecule has 3 rings (SSSR count). The van der Waals surface area contributed by atoms with Gasteiger partial charge in [-0.15, -0.1) is 0 Å². The summed E-state index contributed by atoms with van der Waals surface area (Å²) in [6, 6.07) is 16.2. The average molecular weight is 326 g/mol. The Labute approximate surface area is 137 Å². The predicted molar refractivity (Wildman–Crippen MR) is 89.3 cm³/mol. The molecule has 0 fully saturated rings. The molecule has 0 amide bonds. The molecular formula is C16H14N4O2S. The summed E-state index contributed by atoms with van der Waals surface area (Å²) in [6.45, 7) is 0.231. The van der Waals surface area contributed by atoms with Gasteiger partial charge >= 0.3 is 0 Å². The van der Waals surface area contributed by atoms with Crippen molar-refractivity contribution in [1.29, 1.82) is 0 Å². The number of rotatable bonds is 5. The number of aromatic hydroxyl groups is 1. The summed E-state index contributed by atoms with van der Waals surface area (Å²) in [5, 5.41) is 20.6. The minimum atomic E-state index is 0.178. The molecule has 1 aromatic heterocycles. The van der Waals surface area contributed by atoms with E-state index in [9.17, 15) is 5.11 Å². The smallest absolute Gasteiger partial charge is 0.216 e. The van der Waals surface area contributed by atoms with E-state index in [2.05, 4.69) is 15.3 Å². The van der Waals surface area contributed by atoms with E-state index in [1.807, 2.05) is 36.4 Å². The van der Waals surface area contributed by atoms with Crippen LogP contribution in [0.15, 0.2) is 59.7 Å². The number of benzene rings is 2. The van der Waals surface area contributed by atoms with Gasteiger partial charge < -0.3 is 9.84 Å². The fourth-order valence-electron chi connectivity index (χ4n) is 1.93. The number of nitrogens with one attached hydrogen (secondary N) is 1. The lowest BCUT2D eigenvalue weighted by molar-refractivity contribution is 0.290. The number of hydrogen-bond acceptors (Lipinski definition) is 5. The van der Waals surface area contributed by atoms with Gasteiger partial charge in [0.15, 0.2) is 5.82 Å². The maximum atomic E-state index is 9.46. The Morgan fingerprint density at radius 2 is 2.04 bits per heavy atom. The Balaban J connectivity index is 1.77. The number of phenolic OH excluding ortho intramolecular Hbond substituents is 1. The minimum absolute atomic E-state index is 0.178. The SMILES string of the molecule is Oc1cccc(/C=N\n2c(COc3ccccc3)n[nH]c2=S)c1. The van der Waals surface area contributed by atoms with E-state index >= 15 is 0 Å². The van der Waals surface area contributed by atoms with Gasteiger partial charge in [0, 0.05) is 0 Å². The third-order valence-corrected chi connectivity index (χ3v) is 3.29. The van der Waals surface area contributed by atoms with Crippen molar-refractivity contribution in [2.75, 3.05) is 0 Å². The number of nitrogens with zero attached hydrogens (tertiary/aromatic N) is 3. The molecule has 23 heavy (non-hydrogen) atoms. The maximum Gasteiger partial charge on any atom is 0.216 e. The van der Waals surface area contributed by atoms with Gasteiger partial charge in [-0.2, -0.15) is 14.9 Å². The first kappa shape index (κ1) is 15.0. The van der Waals surface area contributed by atoms with Crippen LogP contribution in [0.5, 0.6) is 11.5 Å². The Hall–Kier alpha value is -2.93. The van der Waals surface area contributed by atoms with Crippen LogP contribution in [-0.4, -0.2) is 26.2 Å². The molecule has 0 aliphatic heterocycles. The third kappa shape index (κ3) is 3.83. The topological polar surface area (TPSA) is 75.4 Å². The summed E-state index contributed by atoms with van der Waals surface area (Å²) in [4.78, 5) is 0. The summed E-state index contributed by atoms with van der Waals surface area (Å²) in [6.07, 6.45) is 1.59. The maximum absolute atomic E-state index is 9.46. The van der Waals surface area contributed by atoms with Crippen LogP contribution in [0.1, 0.15) is 11.4 Å². The first-order chi connectivity index (χ1) is 11.2. The molecule has 7 heteroatoms. The summed E-state index contributed by atoms with van der Waals surface area (Å²) < 4.78 is 7.51. The number of para-hydroxylation sites is 1. The van der Waals surface area contributed by atoms with E-state index in [0.29, 0.717) is 10.6 Å². The lowest BCUT2D eigenvalue weighted by Crippen LogP contribution is -2.04. The third-order valence-electron chi connectivity index (χ3n) is 3.02. The number of phenols is 1. The molecule has 0 spiro atoms. The standard InChI is InChI=1S/C16H14N4O2S/c21-13-6-4-5-12(9-13)10-17-20-15(18-19-16(20)23)11-22-14-7-2-1-3-8-14/h1-10,21H,11H2,(H,19,23)/b17-10-. The molecule has 116 valence electrons. The second-order valence-electron chi connectivity index (χ2n) is 4.70. The van der Waals surface area contributed by atoms with Crippen molar-refractivity contribution in [3.8, 4) is 11.5 Å². The molecule has 0 radical (unpaired) electrons. The van der Waals surface area contributed by atoms with Crippen LogP contribution < -0.4 is 4.74 Å². The van der Waals surface area contributed by atoms with Crippen molar-refractivity contribution < 1.29 is 9.84 Å². The van der Waals surface area contributed by atoms with E-state index in [1.54, 1.807) is 24.4 Å². The molecule has 0 atom stereocenters. The Bertz CT molecular complexity index is 871. The summed E-state index contributed by atoms with van der Waals surface area (Å²) >= 11 is 5.17. The number of hydrogen-bond donors (Lipinski definition) is 2. The van der Waals surface area contributed by atoms with Gasteiger partial charge in [0.25, 0.3) is 0 Å². The van der Waals surface area contributed by atoms with Gasteiger partial charge in [0.05, 0.1) is 6.21 Å². The monoisotopic (exact) mass is 326 g/mol. The van der Waals surface area contributed by atoms with Gasteiger partial charge in [0.1, 0.15) is 18.1 Å². The Morgan fingerprint density at radius 1 is 1.22 bits per heavy atom. The molecule has 0 saturated heterocycles. The fraction of sp³-hybridized carbons (Fsp3) is 0.0625. The van der Waals surface area contributed by atoms with E-state index in [1.165, 1.54) is 4.68 Å². The zero-order valence-electron chi connectivity index (χ0n) is 12.1. The van der Waals surface area contributed by atoms with Crippen molar-refractivity contribution in [2.24, 2.45) is 5.10 Å². The number of aromatic nitrogens is 3. The summed E-state index contributed by atoms with van der Waals surface area (Å²) in [5.74, 6) is 1.47. The molecule has 6 nitrogen and oxygen atoms in total. The predicted octanol–water partition coefficient (Wildman–Crippen LogP) is 3.11. The van der Waals surface area contributed by atoms with E-state index < -0.39 is 0 Å². The highest BCUT2D eigenvalue weighted by Gasteiger charge is 2.06. The first-order valence-corrected chi connectivity index (χ1v) is 7.31. The summed E-state index contributed by atoms with van der Waals surface area (Å²) in [7, 11) is 0. The first-order valence-electron chi connectivity index (χ1n) is 6.90. The van der Waals surface area contributed by atoms with Crippen LogP contribution in [0.3, 0.4) is 0 Å². The highest BCUT2D eigenvalue weighted by molar-refractivity contribution is 7.71. The van der Waals surface area contributed by atoms with Gasteiger partial charge in [-0.3, -0.25) is 0 Å². The average Bonchev–Trinajstić information content (AvgIpc) is 2.92. The second-order valence-corrected chi connectivity index (χ2v) is 5.08. The normalized spacial score (nSPS) is 11.0. The molecule has 0 bridgehead atoms. The molecule has 3 aromatic rings. The quantitative estimate of drug-likeness (QED) is 0.558. The van der Waals surface area contributed by atoms with Crippen molar-refractivity contribution in [2.45, 2.75) is 6.61 Å². The van der Waals surface area contributed by atoms with Crippen molar-refractivity contribution in [3.05, 3.63) is 70.8 Å². The molecule has 2 N–H and O–H groups in total. The zero-order chi connectivity index (χ0) is 16.1. The zero-order valence-corrected chi connectivity index (χ0v) is 12.9. The number of H-pyrrole nitrogens is 1. The van der Waals surface area contributed by atoms with Crippen LogP contribution in [0, 0.1) is 4.77 Å². The van der Waals surface area contributed by atoms with Crippen LogP contribution in [0.2, 0.25) is 0 Å². The van der Waals surface area contributed by atoms with E-state index in [-0.39, 0.29) is 12.4 Å². The van der Waals surface area contributed by atoms with Crippen LogP contribution in [0.4, 0.5) is 0 Å². The second kappa shape index (κ2) is 6.89. The molecule has 0 aliphatic carbocycles. The molecule has 2 aromatic carbocycles. The van der Waals surface area contributed by atoms with Crippen LogP contribution >= 0.6 is 12.2 Å². The largest absolute Gasteiger partial charge is 0.508 e. The van der Waals surface area contributed by atoms with Gasteiger partial charge in [-0.25, -0.2) is 5.10 Å². The Morgan fingerprint density at radius 3 is 2.83 bits per heavy atom. The molecule has 0 saturated carbocycles. The van der Waals surface area contributed by atoms with Crippen molar-refractivity contribution in [3.63, 3.8) is 0 Å². The van der Waals surface area contributed by atoms with Crippen molar-refractivity contribution >= 4 is 18.4 Å². The molecule has 0 aliphatic rings. The van der Waals surface area contributed by atoms with E-state index in [0.717, 1.165) is 11.3 Å². The molecule has 1 heterocycles. The fourth-order valence-corrected chi connectivity index (χ4v) is 2.13. The van der Waals surface area contributed by atoms with Gasteiger partial charge in [-0.05, 0) is 42.0 Å². The lowest BCUT2D eigenvalue weighted by atomic mass is 10.2. The lowest BCUT2D eigenvalue weighted by Gasteiger charge is -2.04. The number of aromatic amines is 1. The Kier molecular flexibility index (Phi) is 4.49. The van der Waals surface area contributed by atoms with Gasteiger partial charge in [-0.1, -0.05) is 30.3 Å². The molecule has 0 unspecified atom stereocenters. The van der Waals surface area contributed by atoms with Crippen molar-refractivity contribution in [1.82, 2.24) is 14.9 Å². The van der Waals surface area contributed by atoms with Crippen LogP contribution in [-0.2, 0) is 6.61 Å². The minimum Gasteiger partial charge on any atom is -0.508 e. The van der Waals surface area contributed by atoms with Gasteiger partial charge in [0.2, 0.25) is 4.77 Å². The summed E-state index contributed by atoms with van der Waals surface area (Å²) in [5.41, 5.74) is 0.753. The van der Waals surface area contributed by atoms with E-state index in [4.69, 9.17) is 17.0 Å².